The SMILES string of the molecule is S=c1nc(-c2ccc(I)c(Cl)c2)[nH][nH]1. The van der Waals surface area contributed by atoms with Gasteiger partial charge in [-0.05, 0) is 46.9 Å². The summed E-state index contributed by atoms with van der Waals surface area (Å²) in [6.45, 7) is 0. The number of nitrogens with one attached hydrogen (secondary N) is 2. The average molecular weight is 338 g/mol. The minimum Gasteiger partial charge on any atom is -0.282 e. The molecule has 0 spiro atoms. The van der Waals surface area contributed by atoms with E-state index in [1.807, 2.05) is 18.2 Å². The normalized spacial score (nSPS) is 10.4. The summed E-state index contributed by atoms with van der Waals surface area (Å²) in [5.74, 6) is 0.702. The van der Waals surface area contributed by atoms with Gasteiger partial charge in [0.25, 0.3) is 0 Å². The van der Waals surface area contributed by atoms with Crippen LogP contribution in [0.2, 0.25) is 5.02 Å². The van der Waals surface area contributed by atoms with Crippen molar-refractivity contribution in [1.82, 2.24) is 15.2 Å². The van der Waals surface area contributed by atoms with E-state index in [9.17, 15) is 0 Å². The van der Waals surface area contributed by atoms with Crippen molar-refractivity contribution in [2.24, 2.45) is 0 Å². The van der Waals surface area contributed by atoms with E-state index < -0.39 is 0 Å². The Balaban J connectivity index is 2.52. The summed E-state index contributed by atoms with van der Waals surface area (Å²) in [6.07, 6.45) is 0. The number of rotatable bonds is 1. The molecule has 0 bridgehead atoms. The van der Waals surface area contributed by atoms with E-state index >= 15 is 0 Å². The van der Waals surface area contributed by atoms with Crippen LogP contribution in [0.4, 0.5) is 0 Å². The molecule has 3 nitrogen and oxygen atoms in total. The largest absolute Gasteiger partial charge is 0.282 e. The van der Waals surface area contributed by atoms with E-state index in [2.05, 4.69) is 37.8 Å². The van der Waals surface area contributed by atoms with E-state index in [1.54, 1.807) is 0 Å². The van der Waals surface area contributed by atoms with Crippen LogP contribution in [0.25, 0.3) is 11.4 Å². The molecule has 14 heavy (non-hydrogen) atoms. The Morgan fingerprint density at radius 1 is 1.36 bits per heavy atom. The van der Waals surface area contributed by atoms with E-state index in [0.29, 0.717) is 15.6 Å². The summed E-state index contributed by atoms with van der Waals surface area (Å²) < 4.78 is 1.46. The van der Waals surface area contributed by atoms with Gasteiger partial charge in [-0.25, -0.2) is 0 Å². The lowest BCUT2D eigenvalue weighted by atomic mass is 10.2. The minimum absolute atomic E-state index is 0.440. The average Bonchev–Trinajstić information content (AvgIpc) is 2.57. The van der Waals surface area contributed by atoms with E-state index in [1.165, 1.54) is 0 Å². The Bertz CT molecular complexity index is 519. The van der Waals surface area contributed by atoms with E-state index in [0.717, 1.165) is 9.13 Å². The van der Waals surface area contributed by atoms with Crippen molar-refractivity contribution in [2.45, 2.75) is 0 Å². The minimum atomic E-state index is 0.440. The quantitative estimate of drug-likeness (QED) is 0.619. The molecule has 1 aromatic carbocycles. The molecular weight excluding hydrogens is 333 g/mol. The number of H-pyrrole nitrogens is 2. The molecule has 2 rings (SSSR count). The fourth-order valence-corrected chi connectivity index (χ4v) is 1.71. The van der Waals surface area contributed by atoms with Crippen LogP contribution in [-0.4, -0.2) is 15.2 Å². The smallest absolute Gasteiger partial charge is 0.213 e. The summed E-state index contributed by atoms with van der Waals surface area (Å²) in [7, 11) is 0. The molecule has 0 saturated carbocycles. The molecular formula is C8H5ClIN3S. The third-order valence-electron chi connectivity index (χ3n) is 1.69. The summed E-state index contributed by atoms with van der Waals surface area (Å²) >= 11 is 13.0. The van der Waals surface area contributed by atoms with Crippen LogP contribution < -0.4 is 0 Å². The standard InChI is InChI=1S/C8H5ClIN3S/c9-5-3-4(1-2-6(5)10)7-11-8(14)13-12-7/h1-3H,(H2,11,12,13,14). The zero-order valence-electron chi connectivity index (χ0n) is 6.84. The lowest BCUT2D eigenvalue weighted by Crippen LogP contribution is -1.82. The molecule has 0 aliphatic heterocycles. The van der Waals surface area contributed by atoms with Crippen LogP contribution in [0.1, 0.15) is 0 Å². The fraction of sp³-hybridized carbons (Fsp3) is 0. The molecule has 1 heterocycles. The topological polar surface area (TPSA) is 44.5 Å². The second-order valence-corrected chi connectivity index (χ2v) is 4.60. The molecule has 6 heteroatoms. The second-order valence-electron chi connectivity index (χ2n) is 2.64. The molecule has 0 fully saturated rings. The Kier molecular flexibility index (Phi) is 2.89. The Morgan fingerprint density at radius 3 is 2.71 bits per heavy atom. The Labute approximate surface area is 104 Å². The van der Waals surface area contributed by atoms with Gasteiger partial charge in [0.1, 0.15) is 0 Å². The monoisotopic (exact) mass is 337 g/mol. The predicted molar refractivity (Wildman–Crippen MR) is 66.9 cm³/mol. The van der Waals surface area contributed by atoms with Crippen molar-refractivity contribution in [3.63, 3.8) is 0 Å². The molecule has 0 saturated heterocycles. The maximum atomic E-state index is 5.99. The molecule has 2 N–H and O–H groups in total. The van der Waals surface area contributed by atoms with Crippen LogP contribution in [0.3, 0.4) is 0 Å². The Hall–Kier alpha value is -0.400. The summed E-state index contributed by atoms with van der Waals surface area (Å²) in [4.78, 5) is 4.09. The number of hydrogen-bond donors (Lipinski definition) is 2. The number of nitrogens with zero attached hydrogens (tertiary/aromatic N) is 1. The number of aromatic nitrogens is 3. The van der Waals surface area contributed by atoms with Crippen molar-refractivity contribution in [1.29, 1.82) is 0 Å². The Morgan fingerprint density at radius 2 is 2.14 bits per heavy atom. The van der Waals surface area contributed by atoms with Crippen LogP contribution in [0.15, 0.2) is 18.2 Å². The van der Waals surface area contributed by atoms with Gasteiger partial charge in [0.2, 0.25) is 4.77 Å². The first-order valence-electron chi connectivity index (χ1n) is 3.77. The zero-order chi connectivity index (χ0) is 10.1. The first kappa shape index (κ1) is 10.1. The highest BCUT2D eigenvalue weighted by Gasteiger charge is 2.03. The van der Waals surface area contributed by atoms with Gasteiger partial charge in [-0.15, -0.1) is 0 Å². The third-order valence-corrected chi connectivity index (χ3v) is 3.46. The van der Waals surface area contributed by atoms with Gasteiger partial charge in [0.05, 0.1) is 5.02 Å². The molecule has 72 valence electrons. The maximum absolute atomic E-state index is 5.99. The van der Waals surface area contributed by atoms with Crippen LogP contribution in [0.5, 0.6) is 0 Å². The second kappa shape index (κ2) is 4.00. The molecule has 0 radical (unpaired) electrons. The fourth-order valence-electron chi connectivity index (χ4n) is 1.05. The van der Waals surface area contributed by atoms with Gasteiger partial charge in [-0.2, -0.15) is 4.98 Å². The summed E-state index contributed by atoms with van der Waals surface area (Å²) in [5, 5.41) is 6.32. The zero-order valence-corrected chi connectivity index (χ0v) is 10.6. The number of hydrogen-bond acceptors (Lipinski definition) is 2. The van der Waals surface area contributed by atoms with E-state index in [-0.39, 0.29) is 0 Å². The number of aromatic amines is 2. The van der Waals surface area contributed by atoms with Gasteiger partial charge in [-0.3, -0.25) is 10.2 Å². The third kappa shape index (κ3) is 1.99. The first-order valence-corrected chi connectivity index (χ1v) is 5.63. The van der Waals surface area contributed by atoms with Crippen molar-refractivity contribution < 1.29 is 0 Å². The van der Waals surface area contributed by atoms with Crippen molar-refractivity contribution in [3.8, 4) is 11.4 Å². The van der Waals surface area contributed by atoms with E-state index in [4.69, 9.17) is 23.8 Å². The van der Waals surface area contributed by atoms with Gasteiger partial charge in [0, 0.05) is 9.13 Å². The highest BCUT2D eigenvalue weighted by molar-refractivity contribution is 14.1. The molecule has 0 aliphatic rings. The summed E-state index contributed by atoms with van der Waals surface area (Å²) in [6, 6.07) is 5.73. The van der Waals surface area contributed by atoms with Gasteiger partial charge >= 0.3 is 0 Å². The number of benzene rings is 1. The van der Waals surface area contributed by atoms with Gasteiger partial charge in [0.15, 0.2) is 5.82 Å². The molecule has 0 atom stereocenters. The predicted octanol–water partition coefficient (Wildman–Crippen LogP) is 3.39. The molecule has 0 amide bonds. The lowest BCUT2D eigenvalue weighted by molar-refractivity contribution is 1.08. The maximum Gasteiger partial charge on any atom is 0.213 e. The first-order chi connectivity index (χ1) is 6.66. The van der Waals surface area contributed by atoms with Crippen LogP contribution >= 0.6 is 46.4 Å². The van der Waals surface area contributed by atoms with Crippen molar-refractivity contribution in [3.05, 3.63) is 31.6 Å². The number of halogens is 2. The highest BCUT2D eigenvalue weighted by atomic mass is 127. The highest BCUT2D eigenvalue weighted by Crippen LogP contribution is 2.24. The molecule has 1 aromatic heterocycles. The molecule has 2 aromatic rings. The van der Waals surface area contributed by atoms with Crippen LogP contribution in [0, 0.1) is 8.34 Å². The van der Waals surface area contributed by atoms with Crippen molar-refractivity contribution >= 4 is 46.4 Å². The summed E-state index contributed by atoms with van der Waals surface area (Å²) in [5.41, 5.74) is 0.919. The molecule has 0 unspecified atom stereocenters. The molecule has 0 aliphatic carbocycles. The van der Waals surface area contributed by atoms with Gasteiger partial charge < -0.3 is 0 Å². The lowest BCUT2D eigenvalue weighted by Gasteiger charge is -1.98. The van der Waals surface area contributed by atoms with Crippen molar-refractivity contribution in [2.75, 3.05) is 0 Å². The van der Waals surface area contributed by atoms with Crippen LogP contribution in [-0.2, 0) is 0 Å². The van der Waals surface area contributed by atoms with Gasteiger partial charge in [-0.1, -0.05) is 17.7 Å².